The Bertz CT molecular complexity index is 1050. The van der Waals surface area contributed by atoms with Crippen molar-refractivity contribution in [2.75, 3.05) is 5.75 Å². The lowest BCUT2D eigenvalue weighted by atomic mass is 10.1. The first-order chi connectivity index (χ1) is 12.8. The first kappa shape index (κ1) is 19.2. The number of hydrogen-bond acceptors (Lipinski definition) is 5. The molecule has 3 rings (SSSR count). The molecule has 2 unspecified atom stereocenters. The number of aryl methyl sites for hydroxylation is 1. The molecule has 2 aromatic carbocycles. The average Bonchev–Trinajstić information content (AvgIpc) is 2.60. The molecule has 0 aliphatic heterocycles. The van der Waals surface area contributed by atoms with Gasteiger partial charge in [0.05, 0.1) is 5.75 Å². The van der Waals surface area contributed by atoms with Crippen molar-refractivity contribution >= 4 is 22.0 Å². The third-order valence-electron chi connectivity index (χ3n) is 3.96. The van der Waals surface area contributed by atoms with Gasteiger partial charge in [-0.25, -0.2) is 13.4 Å². The molecule has 5 nitrogen and oxygen atoms in total. The van der Waals surface area contributed by atoms with Crippen LogP contribution in [0.1, 0.15) is 11.1 Å². The largest absolute Gasteiger partial charge is 0.419 e. The molecular weight excluding hydrogens is 376 g/mol. The van der Waals surface area contributed by atoms with Gasteiger partial charge in [0, 0.05) is 17.5 Å². The second-order valence-corrected chi connectivity index (χ2v) is 7.24. The molecule has 0 saturated carbocycles. The van der Waals surface area contributed by atoms with E-state index in [1.54, 1.807) is 0 Å². The Labute approximate surface area is 156 Å². The Kier molecular flexibility index (Phi) is 5.67. The fourth-order valence-corrected chi connectivity index (χ4v) is 3.59. The molecule has 8 heteroatoms. The Morgan fingerprint density at radius 3 is 2.63 bits per heavy atom. The van der Waals surface area contributed by atoms with Gasteiger partial charge in [0.15, 0.2) is 11.4 Å². The zero-order valence-electron chi connectivity index (χ0n) is 14.4. The van der Waals surface area contributed by atoms with Crippen molar-refractivity contribution in [2.45, 2.75) is 19.4 Å². The van der Waals surface area contributed by atoms with Crippen molar-refractivity contribution in [1.29, 1.82) is 0 Å². The summed E-state index contributed by atoms with van der Waals surface area (Å²) in [6.07, 6.45) is 0.437. The Morgan fingerprint density at radius 1 is 1.22 bits per heavy atom. The third kappa shape index (κ3) is 4.40. The predicted octanol–water partition coefficient (Wildman–Crippen LogP) is 2.99. The molecule has 0 bridgehead atoms. The highest BCUT2D eigenvalue weighted by Gasteiger charge is 2.22. The standard InChI is InChI=1S/C19H17F2NO4S/c1-11-7-16(23)25-18-14(11)9-15(20)19(17(18)21)26-27(24)10-13(22)8-12-5-3-2-4-6-12/h2-7,9,13H,8,10,22H2,1H3. The lowest BCUT2D eigenvalue weighted by Crippen LogP contribution is -2.31. The van der Waals surface area contributed by atoms with Crippen LogP contribution in [-0.4, -0.2) is 16.0 Å². The van der Waals surface area contributed by atoms with Gasteiger partial charge in [0.1, 0.15) is 0 Å². The molecule has 0 amide bonds. The smallest absolute Gasteiger partial charge is 0.336 e. The molecule has 0 fully saturated rings. The summed E-state index contributed by atoms with van der Waals surface area (Å²) >= 11 is -2.07. The summed E-state index contributed by atoms with van der Waals surface area (Å²) in [7, 11) is 0. The van der Waals surface area contributed by atoms with Crippen LogP contribution >= 0.6 is 0 Å². The highest BCUT2D eigenvalue weighted by atomic mass is 32.2. The molecule has 0 spiro atoms. The van der Waals surface area contributed by atoms with Gasteiger partial charge in [-0.15, -0.1) is 0 Å². The maximum atomic E-state index is 14.6. The van der Waals surface area contributed by atoms with E-state index in [9.17, 15) is 17.8 Å². The van der Waals surface area contributed by atoms with Crippen LogP contribution in [0.4, 0.5) is 8.78 Å². The van der Waals surface area contributed by atoms with Gasteiger partial charge in [0.25, 0.3) is 0 Å². The van der Waals surface area contributed by atoms with Crippen LogP contribution in [0.5, 0.6) is 5.75 Å². The number of halogens is 2. The van der Waals surface area contributed by atoms with E-state index in [1.165, 1.54) is 6.92 Å². The van der Waals surface area contributed by atoms with Gasteiger partial charge in [-0.05, 0) is 30.5 Å². The summed E-state index contributed by atoms with van der Waals surface area (Å²) in [5, 5.41) is 0.100. The number of benzene rings is 2. The minimum absolute atomic E-state index is 0.100. The van der Waals surface area contributed by atoms with Crippen molar-refractivity contribution in [2.24, 2.45) is 5.73 Å². The van der Waals surface area contributed by atoms with Crippen LogP contribution in [0.3, 0.4) is 0 Å². The van der Waals surface area contributed by atoms with Gasteiger partial charge in [-0.2, -0.15) is 4.39 Å². The maximum Gasteiger partial charge on any atom is 0.336 e. The molecule has 142 valence electrons. The zero-order valence-corrected chi connectivity index (χ0v) is 15.2. The van der Waals surface area contributed by atoms with E-state index < -0.39 is 45.7 Å². The van der Waals surface area contributed by atoms with E-state index in [1.807, 2.05) is 30.3 Å². The van der Waals surface area contributed by atoms with Crippen molar-refractivity contribution in [1.82, 2.24) is 0 Å². The van der Waals surface area contributed by atoms with E-state index in [2.05, 4.69) is 0 Å². The van der Waals surface area contributed by atoms with Gasteiger partial charge >= 0.3 is 5.63 Å². The minimum Gasteiger partial charge on any atom is -0.419 e. The first-order valence-corrected chi connectivity index (χ1v) is 9.38. The van der Waals surface area contributed by atoms with Gasteiger partial charge < -0.3 is 14.3 Å². The van der Waals surface area contributed by atoms with Crippen molar-refractivity contribution < 1.29 is 21.6 Å². The van der Waals surface area contributed by atoms with Gasteiger partial charge in [-0.3, -0.25) is 0 Å². The lowest BCUT2D eigenvalue weighted by Gasteiger charge is -2.13. The van der Waals surface area contributed by atoms with Crippen LogP contribution in [0.2, 0.25) is 0 Å². The SMILES string of the molecule is Cc1cc(=O)oc2c(F)c(OS(=O)CC(N)Cc3ccccc3)c(F)cc12. The van der Waals surface area contributed by atoms with Crippen LogP contribution in [0, 0.1) is 18.6 Å². The van der Waals surface area contributed by atoms with E-state index in [0.29, 0.717) is 12.0 Å². The van der Waals surface area contributed by atoms with E-state index in [4.69, 9.17) is 14.3 Å². The molecule has 3 aromatic rings. The molecular formula is C19H17F2NO4S. The average molecular weight is 393 g/mol. The molecule has 2 N–H and O–H groups in total. The topological polar surface area (TPSA) is 82.5 Å². The lowest BCUT2D eigenvalue weighted by molar-refractivity contribution is 0.453. The highest BCUT2D eigenvalue weighted by molar-refractivity contribution is 7.80. The van der Waals surface area contributed by atoms with Gasteiger partial charge in [-0.1, -0.05) is 30.3 Å². The summed E-state index contributed by atoms with van der Waals surface area (Å²) in [4.78, 5) is 11.4. The first-order valence-electron chi connectivity index (χ1n) is 8.14. The second-order valence-electron chi connectivity index (χ2n) is 6.13. The minimum atomic E-state index is -2.07. The number of hydrogen-bond donors (Lipinski definition) is 1. The Balaban J connectivity index is 1.79. The summed E-state index contributed by atoms with van der Waals surface area (Å²) in [5.74, 6) is -3.23. The fourth-order valence-electron chi connectivity index (χ4n) is 2.72. The van der Waals surface area contributed by atoms with E-state index >= 15 is 0 Å². The summed E-state index contributed by atoms with van der Waals surface area (Å²) in [5.41, 5.74) is 6.03. The molecule has 0 aliphatic carbocycles. The highest BCUT2D eigenvalue weighted by Crippen LogP contribution is 2.31. The monoisotopic (exact) mass is 393 g/mol. The van der Waals surface area contributed by atoms with Crippen LogP contribution in [0.15, 0.2) is 51.7 Å². The van der Waals surface area contributed by atoms with Crippen molar-refractivity contribution in [3.05, 3.63) is 75.6 Å². The molecule has 0 saturated heterocycles. The Hall–Kier alpha value is -2.58. The fraction of sp³-hybridized carbons (Fsp3) is 0.211. The molecule has 1 heterocycles. The third-order valence-corrected chi connectivity index (χ3v) is 5.01. The molecule has 2 atom stereocenters. The van der Waals surface area contributed by atoms with Gasteiger partial charge in [0.2, 0.25) is 22.6 Å². The normalized spacial score (nSPS) is 13.5. The second kappa shape index (κ2) is 7.98. The number of fused-ring (bicyclic) bond motifs is 1. The maximum absolute atomic E-state index is 14.6. The van der Waals surface area contributed by atoms with Crippen LogP contribution in [0.25, 0.3) is 11.0 Å². The Morgan fingerprint density at radius 2 is 1.93 bits per heavy atom. The van der Waals surface area contributed by atoms with Crippen molar-refractivity contribution in [3.8, 4) is 5.75 Å². The predicted molar refractivity (Wildman–Crippen MR) is 98.9 cm³/mol. The van der Waals surface area contributed by atoms with E-state index in [0.717, 1.165) is 17.7 Å². The molecule has 1 aromatic heterocycles. The molecule has 0 radical (unpaired) electrons. The summed E-state index contributed by atoms with van der Waals surface area (Å²) in [6, 6.07) is 10.9. The summed E-state index contributed by atoms with van der Waals surface area (Å²) in [6.45, 7) is 1.53. The van der Waals surface area contributed by atoms with Crippen LogP contribution < -0.4 is 15.5 Å². The molecule has 27 heavy (non-hydrogen) atoms. The summed E-state index contributed by atoms with van der Waals surface area (Å²) < 4.78 is 50.8. The molecule has 0 aliphatic rings. The van der Waals surface area contributed by atoms with Crippen LogP contribution in [-0.2, 0) is 17.5 Å². The number of nitrogens with two attached hydrogens (primary N) is 1. The van der Waals surface area contributed by atoms with E-state index in [-0.39, 0.29) is 11.1 Å². The quantitative estimate of drug-likeness (QED) is 0.651. The zero-order chi connectivity index (χ0) is 19.6. The number of rotatable bonds is 6. The van der Waals surface area contributed by atoms with Crippen molar-refractivity contribution in [3.63, 3.8) is 0 Å².